The first-order valence-corrected chi connectivity index (χ1v) is 8.02. The maximum absolute atomic E-state index is 12.2. The van der Waals surface area contributed by atoms with E-state index in [1.807, 2.05) is 23.0 Å². The van der Waals surface area contributed by atoms with E-state index in [-0.39, 0.29) is 5.91 Å². The molecule has 5 heteroatoms. The predicted molar refractivity (Wildman–Crippen MR) is 87.9 cm³/mol. The molecule has 0 aliphatic carbocycles. The van der Waals surface area contributed by atoms with Gasteiger partial charge in [0.2, 0.25) is 0 Å². The van der Waals surface area contributed by atoms with Crippen LogP contribution in [-0.4, -0.2) is 28.9 Å². The smallest absolute Gasteiger partial charge is 0.251 e. The number of benzene rings is 1. The summed E-state index contributed by atoms with van der Waals surface area (Å²) >= 11 is 0. The van der Waals surface area contributed by atoms with Gasteiger partial charge in [0.1, 0.15) is 0 Å². The van der Waals surface area contributed by atoms with Crippen LogP contribution >= 0.6 is 0 Å². The second kappa shape index (κ2) is 5.66. The molecule has 1 aromatic carbocycles. The monoisotopic (exact) mass is 309 g/mol. The minimum absolute atomic E-state index is 0.0123. The standard InChI is InChI=1S/C18H19N3O2/c1-2-21-17(3-6-20-21)14-9-13(12-4-7-23-8-5-12)10-15-16(14)11-19-18(15)22/h3-4,6,9-10H,2,5,7-8,11H2,1H3,(H,19,22). The van der Waals surface area contributed by atoms with Crippen molar-refractivity contribution in [3.8, 4) is 11.3 Å². The molecule has 0 bridgehead atoms. The minimum atomic E-state index is 0.0123. The van der Waals surface area contributed by atoms with Crippen LogP contribution in [0.3, 0.4) is 0 Å². The molecule has 0 spiro atoms. The van der Waals surface area contributed by atoms with Gasteiger partial charge < -0.3 is 10.1 Å². The second-order valence-electron chi connectivity index (χ2n) is 5.82. The number of aryl methyl sites for hydroxylation is 1. The average molecular weight is 309 g/mol. The fourth-order valence-electron chi connectivity index (χ4n) is 3.35. The van der Waals surface area contributed by atoms with E-state index in [1.165, 1.54) is 5.57 Å². The molecule has 0 atom stereocenters. The Morgan fingerprint density at radius 1 is 1.35 bits per heavy atom. The van der Waals surface area contributed by atoms with Gasteiger partial charge in [-0.2, -0.15) is 5.10 Å². The summed E-state index contributed by atoms with van der Waals surface area (Å²) in [4.78, 5) is 12.2. The van der Waals surface area contributed by atoms with Crippen LogP contribution in [0.15, 0.2) is 30.5 Å². The van der Waals surface area contributed by atoms with E-state index in [0.717, 1.165) is 47.5 Å². The summed E-state index contributed by atoms with van der Waals surface area (Å²) in [7, 11) is 0. The van der Waals surface area contributed by atoms with E-state index in [1.54, 1.807) is 0 Å². The number of ether oxygens (including phenoxy) is 1. The maximum atomic E-state index is 12.2. The van der Waals surface area contributed by atoms with Crippen LogP contribution in [0.4, 0.5) is 0 Å². The van der Waals surface area contributed by atoms with E-state index >= 15 is 0 Å². The van der Waals surface area contributed by atoms with Crippen LogP contribution in [0.5, 0.6) is 0 Å². The maximum Gasteiger partial charge on any atom is 0.251 e. The normalized spacial score (nSPS) is 16.9. The highest BCUT2D eigenvalue weighted by Crippen LogP contribution is 2.34. The van der Waals surface area contributed by atoms with Crippen molar-refractivity contribution in [3.63, 3.8) is 0 Å². The molecule has 118 valence electrons. The van der Waals surface area contributed by atoms with E-state index in [9.17, 15) is 4.79 Å². The van der Waals surface area contributed by atoms with E-state index in [0.29, 0.717) is 13.2 Å². The lowest BCUT2D eigenvalue weighted by atomic mass is 9.92. The number of aromatic nitrogens is 2. The third kappa shape index (κ3) is 2.37. The zero-order valence-corrected chi connectivity index (χ0v) is 13.1. The van der Waals surface area contributed by atoms with Crippen LogP contribution in [0.2, 0.25) is 0 Å². The molecule has 0 unspecified atom stereocenters. The molecule has 2 aromatic rings. The average Bonchev–Trinajstić information content (AvgIpc) is 3.22. The number of rotatable bonds is 3. The van der Waals surface area contributed by atoms with Gasteiger partial charge in [-0.1, -0.05) is 6.08 Å². The van der Waals surface area contributed by atoms with Gasteiger partial charge in [0.25, 0.3) is 5.91 Å². The minimum Gasteiger partial charge on any atom is -0.377 e. The Balaban J connectivity index is 1.91. The topological polar surface area (TPSA) is 56.1 Å². The van der Waals surface area contributed by atoms with Gasteiger partial charge >= 0.3 is 0 Å². The van der Waals surface area contributed by atoms with Crippen molar-refractivity contribution >= 4 is 11.5 Å². The molecule has 0 saturated carbocycles. The SMILES string of the molecule is CCn1nccc1-c1cc(C2=CCOCC2)cc2c1CNC2=O. The predicted octanol–water partition coefficient (Wildman–Crippen LogP) is 2.62. The first-order chi connectivity index (χ1) is 11.3. The molecule has 5 nitrogen and oxygen atoms in total. The Hall–Kier alpha value is -2.40. The molecule has 4 rings (SSSR count). The summed E-state index contributed by atoms with van der Waals surface area (Å²) in [5, 5.41) is 7.32. The Bertz CT molecular complexity index is 805. The Labute approximate surface area is 135 Å². The van der Waals surface area contributed by atoms with Gasteiger partial charge in [0.05, 0.1) is 18.9 Å². The van der Waals surface area contributed by atoms with Crippen LogP contribution in [0.1, 0.15) is 34.8 Å². The molecule has 23 heavy (non-hydrogen) atoms. The lowest BCUT2D eigenvalue weighted by Gasteiger charge is -2.17. The van der Waals surface area contributed by atoms with Crippen LogP contribution in [0.25, 0.3) is 16.8 Å². The Kier molecular flexibility index (Phi) is 3.50. The Morgan fingerprint density at radius 2 is 2.22 bits per heavy atom. The zero-order valence-electron chi connectivity index (χ0n) is 13.1. The van der Waals surface area contributed by atoms with E-state index in [2.05, 4.69) is 29.5 Å². The van der Waals surface area contributed by atoms with Crippen molar-refractivity contribution in [2.75, 3.05) is 13.2 Å². The first-order valence-electron chi connectivity index (χ1n) is 8.02. The lowest BCUT2D eigenvalue weighted by molar-refractivity contribution is 0.0965. The number of amides is 1. The summed E-state index contributed by atoms with van der Waals surface area (Å²) in [5.41, 5.74) is 6.39. The number of hydrogen-bond acceptors (Lipinski definition) is 3. The van der Waals surface area contributed by atoms with Gasteiger partial charge in [-0.15, -0.1) is 0 Å². The third-order valence-electron chi connectivity index (χ3n) is 4.55. The highest BCUT2D eigenvalue weighted by molar-refractivity contribution is 6.01. The molecular formula is C18H19N3O2. The second-order valence-corrected chi connectivity index (χ2v) is 5.82. The van der Waals surface area contributed by atoms with Crippen molar-refractivity contribution in [1.82, 2.24) is 15.1 Å². The molecule has 1 aromatic heterocycles. The highest BCUT2D eigenvalue weighted by Gasteiger charge is 2.25. The summed E-state index contributed by atoms with van der Waals surface area (Å²) in [6, 6.07) is 6.23. The molecule has 1 N–H and O–H groups in total. The zero-order chi connectivity index (χ0) is 15.8. The molecule has 2 aliphatic heterocycles. The summed E-state index contributed by atoms with van der Waals surface area (Å²) in [5.74, 6) is 0.0123. The molecule has 0 radical (unpaired) electrons. The van der Waals surface area contributed by atoms with Crippen LogP contribution < -0.4 is 5.32 Å². The number of nitrogens with one attached hydrogen (secondary N) is 1. The molecule has 2 aliphatic rings. The van der Waals surface area contributed by atoms with Crippen LogP contribution in [-0.2, 0) is 17.8 Å². The summed E-state index contributed by atoms with van der Waals surface area (Å²) in [6.07, 6.45) is 4.81. The fourth-order valence-corrected chi connectivity index (χ4v) is 3.35. The van der Waals surface area contributed by atoms with Gasteiger partial charge in [-0.3, -0.25) is 9.48 Å². The van der Waals surface area contributed by atoms with Crippen molar-refractivity contribution in [2.24, 2.45) is 0 Å². The van der Waals surface area contributed by atoms with Gasteiger partial charge in [0, 0.05) is 30.4 Å². The van der Waals surface area contributed by atoms with E-state index in [4.69, 9.17) is 4.74 Å². The van der Waals surface area contributed by atoms with Gasteiger partial charge in [-0.25, -0.2) is 0 Å². The van der Waals surface area contributed by atoms with Crippen molar-refractivity contribution in [2.45, 2.75) is 26.4 Å². The molecule has 3 heterocycles. The van der Waals surface area contributed by atoms with Crippen molar-refractivity contribution in [3.05, 3.63) is 47.2 Å². The third-order valence-corrected chi connectivity index (χ3v) is 4.55. The number of fused-ring (bicyclic) bond motifs is 1. The molecule has 0 fully saturated rings. The summed E-state index contributed by atoms with van der Waals surface area (Å²) < 4.78 is 7.38. The molecule has 1 amide bonds. The van der Waals surface area contributed by atoms with Crippen molar-refractivity contribution < 1.29 is 9.53 Å². The fraction of sp³-hybridized carbons (Fsp3) is 0.333. The number of carbonyl (C=O) groups is 1. The van der Waals surface area contributed by atoms with Gasteiger partial charge in [-0.05, 0) is 48.2 Å². The first kappa shape index (κ1) is 14.2. The summed E-state index contributed by atoms with van der Waals surface area (Å²) in [6.45, 7) is 4.84. The van der Waals surface area contributed by atoms with Crippen LogP contribution in [0, 0.1) is 0 Å². The largest absolute Gasteiger partial charge is 0.377 e. The quantitative estimate of drug-likeness (QED) is 0.948. The van der Waals surface area contributed by atoms with E-state index < -0.39 is 0 Å². The highest BCUT2D eigenvalue weighted by atomic mass is 16.5. The molecule has 0 saturated heterocycles. The van der Waals surface area contributed by atoms with Gasteiger partial charge in [0.15, 0.2) is 0 Å². The lowest BCUT2D eigenvalue weighted by Crippen LogP contribution is -2.12. The molecular weight excluding hydrogens is 290 g/mol. The number of carbonyl (C=O) groups excluding carboxylic acids is 1. The number of hydrogen-bond donors (Lipinski definition) is 1. The Morgan fingerprint density at radius 3 is 3.00 bits per heavy atom. The number of nitrogens with zero attached hydrogens (tertiary/aromatic N) is 2. The van der Waals surface area contributed by atoms with Crippen molar-refractivity contribution in [1.29, 1.82) is 0 Å².